The second-order valence-corrected chi connectivity index (χ2v) is 3.23. The largest absolute Gasteiger partial charge is 0.496 e. The molecular weight excluding hydrogens is 236 g/mol. The van der Waals surface area contributed by atoms with Crippen LogP contribution in [0.25, 0.3) is 0 Å². The quantitative estimate of drug-likeness (QED) is 0.568. The zero-order valence-corrected chi connectivity index (χ0v) is 8.36. The molecule has 1 aromatic rings. The molecular formula is C9H7ClF4O. The van der Waals surface area contributed by atoms with Crippen LogP contribution in [0.4, 0.5) is 17.6 Å². The van der Waals surface area contributed by atoms with Gasteiger partial charge in [-0.05, 0) is 18.2 Å². The van der Waals surface area contributed by atoms with Crippen LogP contribution in [-0.4, -0.2) is 13.3 Å². The third-order valence-corrected chi connectivity index (χ3v) is 2.23. The number of hydrogen-bond donors (Lipinski definition) is 0. The molecule has 0 saturated heterocycles. The highest BCUT2D eigenvalue weighted by molar-refractivity contribution is 6.21. The number of halogens is 5. The fourth-order valence-electron chi connectivity index (χ4n) is 1.08. The Morgan fingerprint density at radius 3 is 2.40 bits per heavy atom. The summed E-state index contributed by atoms with van der Waals surface area (Å²) in [5.74, 6) is -0.880. The number of alkyl halides is 4. The van der Waals surface area contributed by atoms with Crippen molar-refractivity contribution in [3.63, 3.8) is 0 Å². The van der Waals surface area contributed by atoms with Crippen LogP contribution < -0.4 is 4.74 Å². The Labute approximate surface area is 88.6 Å². The van der Waals surface area contributed by atoms with Crippen molar-refractivity contribution in [1.82, 2.24) is 0 Å². The minimum atomic E-state index is -4.64. The van der Waals surface area contributed by atoms with Gasteiger partial charge < -0.3 is 4.74 Å². The van der Waals surface area contributed by atoms with Gasteiger partial charge in [0.1, 0.15) is 11.6 Å². The molecule has 0 aromatic heterocycles. The highest BCUT2D eigenvalue weighted by Crippen LogP contribution is 2.41. The number of rotatable bonds is 2. The zero-order valence-electron chi connectivity index (χ0n) is 7.61. The van der Waals surface area contributed by atoms with Crippen LogP contribution in [-0.2, 0) is 0 Å². The SMILES string of the molecule is COc1ccc(F)cc1C(Cl)C(F)(F)F. The summed E-state index contributed by atoms with van der Waals surface area (Å²) in [5, 5.41) is -2.27. The fraction of sp³-hybridized carbons (Fsp3) is 0.333. The molecule has 1 unspecified atom stereocenters. The summed E-state index contributed by atoms with van der Waals surface area (Å²) in [7, 11) is 1.19. The van der Waals surface area contributed by atoms with Crippen molar-refractivity contribution < 1.29 is 22.3 Å². The highest BCUT2D eigenvalue weighted by atomic mass is 35.5. The first-order chi connectivity index (χ1) is 6.86. The fourth-order valence-corrected chi connectivity index (χ4v) is 1.25. The van der Waals surface area contributed by atoms with Gasteiger partial charge in [-0.15, -0.1) is 11.6 Å². The molecule has 0 radical (unpaired) electrons. The molecule has 0 aliphatic rings. The van der Waals surface area contributed by atoms with E-state index in [0.29, 0.717) is 6.07 Å². The molecule has 0 N–H and O–H groups in total. The summed E-state index contributed by atoms with van der Waals surface area (Å²) in [5.41, 5.74) is -0.424. The van der Waals surface area contributed by atoms with Crippen LogP contribution in [0.2, 0.25) is 0 Å². The monoisotopic (exact) mass is 242 g/mol. The first-order valence-corrected chi connectivity index (χ1v) is 4.34. The molecule has 1 nitrogen and oxygen atoms in total. The first-order valence-electron chi connectivity index (χ1n) is 3.90. The van der Waals surface area contributed by atoms with Crippen molar-refractivity contribution in [1.29, 1.82) is 0 Å². The minimum Gasteiger partial charge on any atom is -0.496 e. The number of methoxy groups -OCH3 is 1. The molecule has 1 atom stereocenters. The molecule has 15 heavy (non-hydrogen) atoms. The van der Waals surface area contributed by atoms with E-state index in [1.54, 1.807) is 0 Å². The van der Waals surface area contributed by atoms with E-state index in [1.165, 1.54) is 7.11 Å². The summed E-state index contributed by atoms with van der Waals surface area (Å²) in [6.07, 6.45) is -4.64. The van der Waals surface area contributed by atoms with Gasteiger partial charge in [0.15, 0.2) is 5.38 Å². The van der Waals surface area contributed by atoms with Gasteiger partial charge in [0, 0.05) is 5.56 Å². The summed E-state index contributed by atoms with van der Waals surface area (Å²) < 4.78 is 54.2. The summed E-state index contributed by atoms with van der Waals surface area (Å²) >= 11 is 5.17. The van der Waals surface area contributed by atoms with Gasteiger partial charge in [0.2, 0.25) is 0 Å². The van der Waals surface area contributed by atoms with E-state index in [-0.39, 0.29) is 5.75 Å². The molecule has 0 aliphatic carbocycles. The van der Waals surface area contributed by atoms with E-state index in [4.69, 9.17) is 11.6 Å². The minimum absolute atomic E-state index is 0.0891. The third-order valence-electron chi connectivity index (χ3n) is 1.75. The van der Waals surface area contributed by atoms with Crippen LogP contribution in [0.1, 0.15) is 10.9 Å². The average molecular weight is 243 g/mol. The number of ether oxygens (including phenoxy) is 1. The standard InChI is InChI=1S/C9H7ClF4O/c1-15-7-3-2-5(11)4-6(7)8(10)9(12,13)14/h2-4,8H,1H3. The Morgan fingerprint density at radius 1 is 1.33 bits per heavy atom. The van der Waals surface area contributed by atoms with Gasteiger partial charge >= 0.3 is 6.18 Å². The lowest BCUT2D eigenvalue weighted by Crippen LogP contribution is -2.16. The molecule has 0 fully saturated rings. The molecule has 0 bridgehead atoms. The van der Waals surface area contributed by atoms with Crippen LogP contribution in [0.15, 0.2) is 18.2 Å². The molecule has 0 heterocycles. The van der Waals surface area contributed by atoms with E-state index in [1.807, 2.05) is 0 Å². The Bertz CT molecular complexity index is 350. The maximum absolute atomic E-state index is 12.8. The second-order valence-electron chi connectivity index (χ2n) is 2.79. The average Bonchev–Trinajstić information content (AvgIpc) is 2.15. The lowest BCUT2D eigenvalue weighted by Gasteiger charge is -2.16. The Kier molecular flexibility index (Phi) is 3.44. The lowest BCUT2D eigenvalue weighted by molar-refractivity contribution is -0.132. The Hall–Kier alpha value is -0.970. The van der Waals surface area contributed by atoms with Crippen molar-refractivity contribution in [3.8, 4) is 5.75 Å². The van der Waals surface area contributed by atoms with E-state index in [9.17, 15) is 17.6 Å². The van der Waals surface area contributed by atoms with E-state index in [0.717, 1.165) is 12.1 Å². The molecule has 6 heteroatoms. The van der Waals surface area contributed by atoms with Crippen molar-refractivity contribution in [3.05, 3.63) is 29.6 Å². The van der Waals surface area contributed by atoms with Crippen LogP contribution in [0, 0.1) is 5.82 Å². The van der Waals surface area contributed by atoms with E-state index < -0.39 is 22.9 Å². The maximum Gasteiger partial charge on any atom is 0.409 e. The normalized spacial score (nSPS) is 13.7. The van der Waals surface area contributed by atoms with Crippen LogP contribution in [0.3, 0.4) is 0 Å². The summed E-state index contributed by atoms with van der Waals surface area (Å²) in [6.45, 7) is 0. The maximum atomic E-state index is 12.8. The van der Waals surface area contributed by atoms with Crippen molar-refractivity contribution in [2.75, 3.05) is 7.11 Å². The van der Waals surface area contributed by atoms with Crippen molar-refractivity contribution >= 4 is 11.6 Å². The topological polar surface area (TPSA) is 9.23 Å². The second kappa shape index (κ2) is 4.26. The van der Waals surface area contributed by atoms with Crippen molar-refractivity contribution in [2.24, 2.45) is 0 Å². The molecule has 0 amide bonds. The van der Waals surface area contributed by atoms with Gasteiger partial charge in [-0.1, -0.05) is 0 Å². The van der Waals surface area contributed by atoms with E-state index >= 15 is 0 Å². The Balaban J connectivity index is 3.17. The third kappa shape index (κ3) is 2.75. The number of benzene rings is 1. The zero-order chi connectivity index (χ0) is 11.6. The Morgan fingerprint density at radius 2 is 1.93 bits per heavy atom. The van der Waals surface area contributed by atoms with Gasteiger partial charge in [-0.2, -0.15) is 13.2 Å². The molecule has 84 valence electrons. The smallest absolute Gasteiger partial charge is 0.409 e. The van der Waals surface area contributed by atoms with Crippen LogP contribution >= 0.6 is 11.6 Å². The first kappa shape index (κ1) is 12.1. The van der Waals surface area contributed by atoms with Crippen molar-refractivity contribution in [2.45, 2.75) is 11.6 Å². The molecule has 1 aromatic carbocycles. The summed E-state index contributed by atoms with van der Waals surface area (Å²) in [4.78, 5) is 0. The van der Waals surface area contributed by atoms with Gasteiger partial charge in [-0.3, -0.25) is 0 Å². The lowest BCUT2D eigenvalue weighted by atomic mass is 10.1. The highest BCUT2D eigenvalue weighted by Gasteiger charge is 2.41. The van der Waals surface area contributed by atoms with Crippen LogP contribution in [0.5, 0.6) is 5.75 Å². The molecule has 0 spiro atoms. The predicted octanol–water partition coefficient (Wildman–Crippen LogP) is 3.68. The van der Waals surface area contributed by atoms with Gasteiger partial charge in [-0.25, -0.2) is 4.39 Å². The summed E-state index contributed by atoms with van der Waals surface area (Å²) in [6, 6.07) is 2.82. The van der Waals surface area contributed by atoms with Gasteiger partial charge in [0.25, 0.3) is 0 Å². The molecule has 1 rings (SSSR count). The molecule has 0 aliphatic heterocycles. The van der Waals surface area contributed by atoms with E-state index in [2.05, 4.69) is 4.74 Å². The molecule has 0 saturated carbocycles. The predicted molar refractivity (Wildman–Crippen MR) is 47.6 cm³/mol. The number of hydrogen-bond acceptors (Lipinski definition) is 1. The van der Waals surface area contributed by atoms with Gasteiger partial charge in [0.05, 0.1) is 7.11 Å².